The van der Waals surface area contributed by atoms with E-state index in [-0.39, 0.29) is 5.60 Å². The quantitative estimate of drug-likeness (QED) is 0.816. The molecule has 2 heteroatoms. The van der Waals surface area contributed by atoms with Crippen molar-refractivity contribution in [3.05, 3.63) is 0 Å². The van der Waals surface area contributed by atoms with E-state index in [1.165, 1.54) is 38.5 Å². The first-order chi connectivity index (χ1) is 9.17. The summed E-state index contributed by atoms with van der Waals surface area (Å²) in [5, 5.41) is 3.99. The maximum absolute atomic E-state index is 5.56. The summed E-state index contributed by atoms with van der Waals surface area (Å²) in [6, 6.07) is 0. The van der Waals surface area contributed by atoms with Crippen molar-refractivity contribution in [1.29, 1.82) is 0 Å². The van der Waals surface area contributed by atoms with E-state index in [9.17, 15) is 0 Å². The van der Waals surface area contributed by atoms with Crippen molar-refractivity contribution < 1.29 is 4.74 Å². The second-order valence-corrected chi connectivity index (χ2v) is 9.55. The molecule has 4 aliphatic rings. The molecule has 0 heterocycles. The minimum absolute atomic E-state index is 0.00307. The highest BCUT2D eigenvalue weighted by Gasteiger charge is 2.59. The van der Waals surface area contributed by atoms with E-state index in [1.807, 2.05) is 7.11 Å². The molecule has 1 N–H and O–H groups in total. The molecule has 4 aliphatic carbocycles. The van der Waals surface area contributed by atoms with Gasteiger partial charge in [-0.1, -0.05) is 13.8 Å². The number of methoxy groups -OCH3 is 1. The summed E-state index contributed by atoms with van der Waals surface area (Å²) < 4.78 is 5.56. The lowest BCUT2D eigenvalue weighted by Gasteiger charge is -2.65. The average Bonchev–Trinajstić information content (AvgIpc) is 2.23. The van der Waals surface area contributed by atoms with Gasteiger partial charge in [-0.25, -0.2) is 0 Å². The monoisotopic (exact) mass is 279 g/mol. The van der Waals surface area contributed by atoms with Crippen LogP contribution in [0.2, 0.25) is 0 Å². The fourth-order valence-electron chi connectivity index (χ4n) is 6.38. The second kappa shape index (κ2) is 4.46. The van der Waals surface area contributed by atoms with Gasteiger partial charge in [-0.15, -0.1) is 0 Å². The number of nitrogens with one attached hydrogen (secondary N) is 1. The number of ether oxygens (including phenoxy) is 1. The maximum atomic E-state index is 5.56. The molecule has 0 aromatic heterocycles. The van der Waals surface area contributed by atoms with Crippen LogP contribution in [0.4, 0.5) is 0 Å². The van der Waals surface area contributed by atoms with Crippen LogP contribution in [-0.4, -0.2) is 24.8 Å². The molecule has 0 saturated heterocycles. The van der Waals surface area contributed by atoms with Crippen molar-refractivity contribution in [2.75, 3.05) is 13.7 Å². The highest BCUT2D eigenvalue weighted by atomic mass is 16.5. The van der Waals surface area contributed by atoms with Gasteiger partial charge in [-0.2, -0.15) is 0 Å². The molecule has 0 spiro atoms. The highest BCUT2D eigenvalue weighted by molar-refractivity contribution is 5.14. The molecule has 0 aliphatic heterocycles. The first kappa shape index (κ1) is 14.8. The largest absolute Gasteiger partial charge is 0.379 e. The first-order valence-corrected chi connectivity index (χ1v) is 8.48. The van der Waals surface area contributed by atoms with Gasteiger partial charge < -0.3 is 10.1 Å². The molecule has 0 aromatic carbocycles. The molecule has 0 amide bonds. The lowest BCUT2D eigenvalue weighted by atomic mass is 9.43. The van der Waals surface area contributed by atoms with Gasteiger partial charge in [-0.3, -0.25) is 0 Å². The van der Waals surface area contributed by atoms with E-state index in [0.29, 0.717) is 16.4 Å². The van der Waals surface area contributed by atoms with E-state index in [0.717, 1.165) is 18.9 Å². The zero-order valence-electron chi connectivity index (χ0n) is 14.1. The van der Waals surface area contributed by atoms with Gasteiger partial charge in [0, 0.05) is 12.6 Å². The molecule has 4 bridgehead atoms. The average molecular weight is 279 g/mol. The predicted octanol–water partition coefficient (Wildman–Crippen LogP) is 4.14. The maximum Gasteiger partial charge on any atom is 0.0634 e. The topological polar surface area (TPSA) is 21.3 Å². The van der Waals surface area contributed by atoms with Gasteiger partial charge in [0.25, 0.3) is 0 Å². The molecular formula is C18H33NO. The van der Waals surface area contributed by atoms with Gasteiger partial charge in [0.2, 0.25) is 0 Å². The first-order valence-electron chi connectivity index (χ1n) is 8.48. The van der Waals surface area contributed by atoms with Gasteiger partial charge in [0.1, 0.15) is 0 Å². The van der Waals surface area contributed by atoms with Crippen LogP contribution < -0.4 is 5.32 Å². The van der Waals surface area contributed by atoms with E-state index in [4.69, 9.17) is 4.74 Å². The van der Waals surface area contributed by atoms with E-state index in [1.54, 1.807) is 0 Å². The highest BCUT2D eigenvalue weighted by Crippen LogP contribution is 2.66. The van der Waals surface area contributed by atoms with Crippen molar-refractivity contribution in [3.8, 4) is 0 Å². The summed E-state index contributed by atoms with van der Waals surface area (Å²) in [6.45, 7) is 10.6. The molecule has 0 aromatic rings. The van der Waals surface area contributed by atoms with Crippen molar-refractivity contribution in [3.63, 3.8) is 0 Å². The standard InChI is InChI=1S/C18H33NO/c1-15(2,20-5)6-7-19-18-10-14-8-16(3,12-18)11-17(4,9-14)13-18/h14,19H,6-13H2,1-5H3. The Bertz CT molecular complexity index is 371. The summed E-state index contributed by atoms with van der Waals surface area (Å²) in [5.74, 6) is 0.976. The minimum atomic E-state index is 0.00307. The van der Waals surface area contributed by atoms with E-state index >= 15 is 0 Å². The normalized spacial score (nSPS) is 47.0. The summed E-state index contributed by atoms with van der Waals surface area (Å²) in [6.07, 6.45) is 9.75. The number of hydrogen-bond acceptors (Lipinski definition) is 2. The van der Waals surface area contributed by atoms with Gasteiger partial charge in [0.15, 0.2) is 0 Å². The molecule has 0 radical (unpaired) electrons. The minimum Gasteiger partial charge on any atom is -0.379 e. The Hall–Kier alpha value is -0.0800. The zero-order valence-corrected chi connectivity index (χ0v) is 14.1. The van der Waals surface area contributed by atoms with Crippen LogP contribution in [0.1, 0.15) is 72.6 Å². The summed E-state index contributed by atoms with van der Waals surface area (Å²) in [7, 11) is 1.83. The van der Waals surface area contributed by atoms with E-state index < -0.39 is 0 Å². The van der Waals surface area contributed by atoms with Crippen molar-refractivity contribution in [1.82, 2.24) is 5.32 Å². The summed E-state index contributed by atoms with van der Waals surface area (Å²) in [4.78, 5) is 0. The smallest absolute Gasteiger partial charge is 0.0634 e. The Morgan fingerprint density at radius 1 is 1.05 bits per heavy atom. The van der Waals surface area contributed by atoms with Crippen LogP contribution in [0.3, 0.4) is 0 Å². The second-order valence-electron chi connectivity index (χ2n) is 9.55. The van der Waals surface area contributed by atoms with Crippen LogP contribution in [0.25, 0.3) is 0 Å². The van der Waals surface area contributed by atoms with Crippen LogP contribution in [0.5, 0.6) is 0 Å². The molecule has 4 fully saturated rings. The fraction of sp³-hybridized carbons (Fsp3) is 1.00. The van der Waals surface area contributed by atoms with Crippen LogP contribution >= 0.6 is 0 Å². The molecule has 2 atom stereocenters. The third kappa shape index (κ3) is 2.66. The Balaban J connectivity index is 1.67. The van der Waals surface area contributed by atoms with Gasteiger partial charge in [-0.05, 0) is 82.1 Å². The summed E-state index contributed by atoms with van der Waals surface area (Å²) in [5.41, 5.74) is 1.66. The van der Waals surface area contributed by atoms with E-state index in [2.05, 4.69) is 33.0 Å². The molecule has 2 nitrogen and oxygen atoms in total. The Morgan fingerprint density at radius 3 is 2.15 bits per heavy atom. The summed E-state index contributed by atoms with van der Waals surface area (Å²) >= 11 is 0. The van der Waals surface area contributed by atoms with Gasteiger partial charge in [0.05, 0.1) is 5.60 Å². The lowest BCUT2D eigenvalue weighted by Crippen LogP contribution is -2.64. The van der Waals surface area contributed by atoms with Crippen LogP contribution in [-0.2, 0) is 4.74 Å². The number of rotatable bonds is 5. The molecule has 116 valence electrons. The Kier molecular flexibility index (Phi) is 3.31. The SMILES string of the molecule is COC(C)(C)CCNC12CC3CC(C)(CC(C)(C3)C1)C2. The van der Waals surface area contributed by atoms with Crippen LogP contribution in [0, 0.1) is 16.7 Å². The predicted molar refractivity (Wildman–Crippen MR) is 83.8 cm³/mol. The lowest BCUT2D eigenvalue weighted by molar-refractivity contribution is -0.118. The van der Waals surface area contributed by atoms with Crippen molar-refractivity contribution >= 4 is 0 Å². The Morgan fingerprint density at radius 2 is 1.65 bits per heavy atom. The molecular weight excluding hydrogens is 246 g/mol. The molecule has 4 rings (SSSR count). The van der Waals surface area contributed by atoms with Crippen molar-refractivity contribution in [2.24, 2.45) is 16.7 Å². The van der Waals surface area contributed by atoms with Gasteiger partial charge >= 0.3 is 0 Å². The fourth-order valence-corrected chi connectivity index (χ4v) is 6.38. The van der Waals surface area contributed by atoms with Crippen LogP contribution in [0.15, 0.2) is 0 Å². The molecule has 20 heavy (non-hydrogen) atoms. The molecule has 2 unspecified atom stereocenters. The number of hydrogen-bond donors (Lipinski definition) is 1. The zero-order chi connectivity index (χ0) is 14.6. The Labute approximate surface area is 125 Å². The third-order valence-electron chi connectivity index (χ3n) is 6.41. The van der Waals surface area contributed by atoms with Crippen molar-refractivity contribution in [2.45, 2.75) is 83.8 Å². The molecule has 4 saturated carbocycles. The third-order valence-corrected chi connectivity index (χ3v) is 6.41.